The van der Waals surface area contributed by atoms with Crippen LogP contribution >= 0.6 is 0 Å². The fourth-order valence-electron chi connectivity index (χ4n) is 8.68. The number of fused-ring (bicyclic) bond motifs is 2. The zero-order chi connectivity index (χ0) is 40.7. The van der Waals surface area contributed by atoms with Crippen LogP contribution in [0.2, 0.25) is 0 Å². The molecule has 3 saturated heterocycles. The Morgan fingerprint density at radius 1 is 0.948 bits per heavy atom. The minimum atomic E-state index is -0.683. The summed E-state index contributed by atoms with van der Waals surface area (Å²) in [5.41, 5.74) is 3.56. The van der Waals surface area contributed by atoms with Crippen LogP contribution in [0.25, 0.3) is 10.9 Å². The van der Waals surface area contributed by atoms with Crippen molar-refractivity contribution < 1.29 is 33.4 Å². The van der Waals surface area contributed by atoms with Gasteiger partial charge in [0.1, 0.15) is 28.9 Å². The van der Waals surface area contributed by atoms with Gasteiger partial charge >= 0.3 is 6.09 Å². The van der Waals surface area contributed by atoms with Crippen molar-refractivity contribution in [3.63, 3.8) is 0 Å². The number of carbonyl (C=O) groups is 5. The summed E-state index contributed by atoms with van der Waals surface area (Å²) >= 11 is 0. The maximum Gasteiger partial charge on any atom is 0.419 e. The van der Waals surface area contributed by atoms with E-state index in [2.05, 4.69) is 37.4 Å². The summed E-state index contributed by atoms with van der Waals surface area (Å²) in [6, 6.07) is 12.2. The molecule has 0 bridgehead atoms. The van der Waals surface area contributed by atoms with Gasteiger partial charge in [-0.2, -0.15) is 0 Å². The molecule has 3 fully saturated rings. The molecule has 4 amide bonds. The Morgan fingerprint density at radius 2 is 1.76 bits per heavy atom. The maximum atomic E-state index is 13.5. The van der Waals surface area contributed by atoms with Gasteiger partial charge in [-0.15, -0.1) is 0 Å². The van der Waals surface area contributed by atoms with E-state index in [1.165, 1.54) is 0 Å². The molecular weight excluding hydrogens is 741 g/mol. The molecule has 15 nitrogen and oxygen atoms in total. The number of hydrogen-bond acceptors (Lipinski definition) is 11. The number of amides is 4. The topological polar surface area (TPSA) is 168 Å². The lowest BCUT2D eigenvalue weighted by Crippen LogP contribution is -2.52. The molecule has 4 aromatic rings. The van der Waals surface area contributed by atoms with Crippen LogP contribution in [-0.2, 0) is 20.9 Å². The highest BCUT2D eigenvalue weighted by atomic mass is 16.6. The second-order valence-electron chi connectivity index (χ2n) is 16.8. The maximum absolute atomic E-state index is 13.5. The number of likely N-dealkylation sites (tertiary alicyclic amines) is 1. The van der Waals surface area contributed by atoms with Gasteiger partial charge < -0.3 is 24.6 Å². The molecule has 3 aromatic heterocycles. The highest BCUT2D eigenvalue weighted by Gasteiger charge is 2.40. The van der Waals surface area contributed by atoms with Crippen molar-refractivity contribution in [3.8, 4) is 5.75 Å². The van der Waals surface area contributed by atoms with Gasteiger partial charge in [0.25, 0.3) is 11.8 Å². The minimum Gasteiger partial charge on any atom is -0.492 e. The summed E-state index contributed by atoms with van der Waals surface area (Å²) in [7, 11) is 2.05. The number of carbonyl (C=O) groups excluding carboxylic acids is 5. The standard InChI is InChI=1S/C43H50N8O7/c1-43(2,3)58-42(56)51-35-22-37(45-23-27(35)21-36(51)33-9-6-17-48(33)4)46-39(53)31-11-10-28(24-44-31)57-20-16-26-14-18-49(19-15-26)32-8-5-7-29-30(32)25-50(41(29)55)34-12-13-38(52)47-40(34)54/h5,7-8,10-11,21-24,26,33-34H,6,9,12-20,25H2,1-4H3,(H,45,46,53)(H,47,52,54)/t33-,34?/m1/s1. The molecule has 0 saturated carbocycles. The van der Waals surface area contributed by atoms with Gasteiger partial charge in [0.15, 0.2) is 0 Å². The Kier molecular flexibility index (Phi) is 10.7. The first-order valence-electron chi connectivity index (χ1n) is 20.2. The molecule has 4 aliphatic heterocycles. The van der Waals surface area contributed by atoms with Crippen LogP contribution in [0.5, 0.6) is 5.75 Å². The van der Waals surface area contributed by atoms with E-state index in [0.717, 1.165) is 74.1 Å². The molecule has 8 rings (SSSR count). The molecule has 15 heteroatoms. The number of imide groups is 1. The van der Waals surface area contributed by atoms with Crippen LogP contribution < -0.4 is 20.3 Å². The third-order valence-electron chi connectivity index (χ3n) is 11.7. The quantitative estimate of drug-likeness (QED) is 0.200. The van der Waals surface area contributed by atoms with E-state index in [9.17, 15) is 24.0 Å². The number of aromatic nitrogens is 3. The number of rotatable bonds is 9. The first kappa shape index (κ1) is 39.0. The van der Waals surface area contributed by atoms with E-state index in [4.69, 9.17) is 9.47 Å². The van der Waals surface area contributed by atoms with Crippen LogP contribution in [0.4, 0.5) is 16.3 Å². The normalized spacial score (nSPS) is 20.4. The third kappa shape index (κ3) is 8.00. The highest BCUT2D eigenvalue weighted by molar-refractivity contribution is 6.06. The second-order valence-corrected chi connectivity index (χ2v) is 16.8. The molecule has 0 aliphatic carbocycles. The lowest BCUT2D eigenvalue weighted by Gasteiger charge is -2.35. The average molecular weight is 791 g/mol. The molecule has 0 spiro atoms. The number of pyridine rings is 2. The largest absolute Gasteiger partial charge is 0.492 e. The smallest absolute Gasteiger partial charge is 0.419 e. The Morgan fingerprint density at radius 3 is 2.47 bits per heavy atom. The summed E-state index contributed by atoms with van der Waals surface area (Å²) < 4.78 is 13.4. The van der Waals surface area contributed by atoms with Gasteiger partial charge in [-0.25, -0.2) is 19.3 Å². The molecule has 2 atom stereocenters. The van der Waals surface area contributed by atoms with Gasteiger partial charge in [0, 0.05) is 66.2 Å². The molecule has 58 heavy (non-hydrogen) atoms. The number of anilines is 2. The Bertz CT molecular complexity index is 2260. The number of nitrogens with zero attached hydrogens (tertiary/aromatic N) is 6. The van der Waals surface area contributed by atoms with Gasteiger partial charge in [-0.05, 0) is 109 Å². The van der Waals surface area contributed by atoms with Gasteiger partial charge in [-0.3, -0.25) is 29.4 Å². The fraction of sp³-hybridized carbons (Fsp3) is 0.465. The Balaban J connectivity index is 0.840. The van der Waals surface area contributed by atoms with Crippen LogP contribution in [0.1, 0.15) is 104 Å². The van der Waals surface area contributed by atoms with Crippen LogP contribution in [-0.4, -0.2) is 99.0 Å². The summed E-state index contributed by atoms with van der Waals surface area (Å²) in [6.07, 6.45) is 8.06. The zero-order valence-corrected chi connectivity index (χ0v) is 33.5. The Labute approximate surface area is 337 Å². The number of benzene rings is 1. The van der Waals surface area contributed by atoms with E-state index < -0.39 is 29.6 Å². The highest BCUT2D eigenvalue weighted by Crippen LogP contribution is 2.37. The molecule has 1 unspecified atom stereocenters. The average Bonchev–Trinajstić information content (AvgIpc) is 3.89. The van der Waals surface area contributed by atoms with Crippen LogP contribution in [0, 0.1) is 5.92 Å². The summed E-state index contributed by atoms with van der Waals surface area (Å²) in [4.78, 5) is 79.3. The van der Waals surface area contributed by atoms with Gasteiger partial charge in [0.05, 0.1) is 24.4 Å². The van der Waals surface area contributed by atoms with Crippen molar-refractivity contribution in [1.29, 1.82) is 0 Å². The van der Waals surface area contributed by atoms with Crippen molar-refractivity contribution in [1.82, 2.24) is 29.7 Å². The number of piperidine rings is 2. The molecule has 0 radical (unpaired) electrons. The summed E-state index contributed by atoms with van der Waals surface area (Å²) in [5.74, 6) is 0.0196. The summed E-state index contributed by atoms with van der Waals surface area (Å²) in [6.45, 7) is 9.00. The van der Waals surface area contributed by atoms with Crippen molar-refractivity contribution in [2.45, 2.75) is 89.9 Å². The van der Waals surface area contributed by atoms with Crippen molar-refractivity contribution in [3.05, 3.63) is 77.4 Å². The third-order valence-corrected chi connectivity index (χ3v) is 11.7. The van der Waals surface area contributed by atoms with Crippen LogP contribution in [0.15, 0.2) is 54.9 Å². The van der Waals surface area contributed by atoms with Gasteiger partial charge in [-0.1, -0.05) is 6.07 Å². The molecule has 304 valence electrons. The Hall–Kier alpha value is -5.83. The first-order chi connectivity index (χ1) is 27.8. The molecule has 1 aromatic carbocycles. The predicted molar refractivity (Wildman–Crippen MR) is 216 cm³/mol. The zero-order valence-electron chi connectivity index (χ0n) is 33.5. The van der Waals surface area contributed by atoms with E-state index in [0.29, 0.717) is 48.1 Å². The number of nitrogens with one attached hydrogen (secondary N) is 2. The summed E-state index contributed by atoms with van der Waals surface area (Å²) in [5, 5.41) is 5.98. The first-order valence-corrected chi connectivity index (χ1v) is 20.2. The van der Waals surface area contributed by atoms with Gasteiger partial charge in [0.2, 0.25) is 11.8 Å². The van der Waals surface area contributed by atoms with Crippen LogP contribution in [0.3, 0.4) is 0 Å². The van der Waals surface area contributed by atoms with E-state index in [-0.39, 0.29) is 30.0 Å². The second kappa shape index (κ2) is 15.8. The molecule has 4 aliphatic rings. The number of hydrogen-bond donors (Lipinski definition) is 2. The lowest BCUT2D eigenvalue weighted by molar-refractivity contribution is -0.136. The van der Waals surface area contributed by atoms with Crippen molar-refractivity contribution in [2.75, 3.05) is 43.5 Å². The SMILES string of the molecule is CN1CCC[C@@H]1c1cc2cnc(NC(=O)c3ccc(OCCC4CCN(c5cccc6c5CN(C5CCC(=O)NC5=O)C6=O)CC4)cn3)cc2n1C(=O)OC(C)(C)C. The fourth-order valence-corrected chi connectivity index (χ4v) is 8.68. The lowest BCUT2D eigenvalue weighted by atomic mass is 9.93. The monoisotopic (exact) mass is 790 g/mol. The predicted octanol–water partition coefficient (Wildman–Crippen LogP) is 5.68. The van der Waals surface area contributed by atoms with E-state index >= 15 is 0 Å². The molecule has 7 heterocycles. The minimum absolute atomic E-state index is 0.0636. The number of ether oxygens (including phenoxy) is 2. The van der Waals surface area contributed by atoms with Crippen molar-refractivity contribution >= 4 is 52.1 Å². The molecule has 2 N–H and O–H groups in total. The molecular formula is C43H50N8O7. The van der Waals surface area contributed by atoms with E-state index in [1.807, 2.05) is 45.0 Å². The van der Waals surface area contributed by atoms with E-state index in [1.54, 1.807) is 40.1 Å². The van der Waals surface area contributed by atoms with Crippen molar-refractivity contribution in [2.24, 2.45) is 5.92 Å².